The van der Waals surface area contributed by atoms with Gasteiger partial charge >= 0.3 is 6.16 Å². The second-order valence-electron chi connectivity index (χ2n) is 22.8. The van der Waals surface area contributed by atoms with Gasteiger partial charge in [0.25, 0.3) is 0 Å². The minimum absolute atomic E-state index is 0.0339. The Labute approximate surface area is 463 Å². The Morgan fingerprint density at radius 3 is 2.10 bits per heavy atom. The number of aldehydes is 1. The van der Waals surface area contributed by atoms with Crippen molar-refractivity contribution in [2.24, 2.45) is 53.3 Å². The monoisotopic (exact) mass is 1060 g/mol. The molecule has 0 saturated heterocycles. The van der Waals surface area contributed by atoms with Gasteiger partial charge in [0, 0.05) is 49.9 Å². The van der Waals surface area contributed by atoms with Gasteiger partial charge in [-0.05, 0) is 168 Å². The zero-order chi connectivity index (χ0) is 56.0. The van der Waals surface area contributed by atoms with Crippen molar-refractivity contribution in [3.63, 3.8) is 0 Å². The number of nitrogens with two attached hydrogens (primary N) is 1. The number of hydrogen-bond acceptors (Lipinski definition) is 9. The van der Waals surface area contributed by atoms with Crippen molar-refractivity contribution in [2.45, 2.75) is 164 Å². The van der Waals surface area contributed by atoms with Crippen molar-refractivity contribution < 1.29 is 43.5 Å². The van der Waals surface area contributed by atoms with Gasteiger partial charge in [-0.2, -0.15) is 0 Å². The average Bonchev–Trinajstić information content (AvgIpc) is 3.88. The number of anilines is 1. The van der Waals surface area contributed by atoms with Crippen LogP contribution in [0.4, 0.5) is 16.2 Å². The highest BCUT2D eigenvalue weighted by molar-refractivity contribution is 5.93. The molecule has 4 aliphatic rings. The van der Waals surface area contributed by atoms with Gasteiger partial charge in [0.15, 0.2) is 0 Å². The third-order valence-electron chi connectivity index (χ3n) is 16.0. The number of rotatable bonds is 24. The Kier molecular flexibility index (Phi) is 29.9. The molecule has 3 amide bonds. The number of fused-ring (bicyclic) bond motifs is 5. The second-order valence-corrected chi connectivity index (χ2v) is 22.8. The SMILES string of the molecule is CC(C)CCCC(C)C1CCC2C1CCC1C3CC[C@H](OCCCNC(=O)CCC=O)CC3=CCC12.CNC(C)CC(C)C.C[NH2+]c1ccc(OC(=O)OCc2ccc(NC(=O)CNC=O)cc2)cc1.Cc1ccccc1. The molecule has 13 nitrogen and oxygen atoms in total. The predicted molar refractivity (Wildman–Crippen MR) is 310 cm³/mol. The lowest BCUT2D eigenvalue weighted by molar-refractivity contribution is -0.539. The Balaban J connectivity index is 0.000000269. The molecule has 0 aromatic heterocycles. The summed E-state index contributed by atoms with van der Waals surface area (Å²) < 4.78 is 16.4. The summed E-state index contributed by atoms with van der Waals surface area (Å²) in [7, 11) is 3.93. The fraction of sp³-hybridized carbons (Fsp3) is 0.609. The lowest BCUT2D eigenvalue weighted by atomic mass is 9.56. The molecule has 0 heterocycles. The normalized spacial score (nSPS) is 21.7. The third-order valence-corrected chi connectivity index (χ3v) is 16.0. The molecule has 0 bridgehead atoms. The fourth-order valence-corrected chi connectivity index (χ4v) is 12.1. The number of amides is 3. The summed E-state index contributed by atoms with van der Waals surface area (Å²) in [6.07, 6.45) is 21.4. The van der Waals surface area contributed by atoms with Crippen LogP contribution in [0.15, 0.2) is 90.5 Å². The molecule has 0 spiro atoms. The van der Waals surface area contributed by atoms with E-state index in [1.54, 1.807) is 42.0 Å². The number of benzene rings is 3. The highest BCUT2D eigenvalue weighted by Crippen LogP contribution is 2.59. The van der Waals surface area contributed by atoms with Crippen molar-refractivity contribution in [3.8, 4) is 5.75 Å². The van der Waals surface area contributed by atoms with Gasteiger partial charge in [0.05, 0.1) is 19.7 Å². The number of carbonyl (C=O) groups is 5. The van der Waals surface area contributed by atoms with Crippen LogP contribution in [0.1, 0.15) is 149 Å². The largest absolute Gasteiger partial charge is 0.514 e. The summed E-state index contributed by atoms with van der Waals surface area (Å²) in [5, 5.41) is 12.9. The third kappa shape index (κ3) is 24.0. The molecule has 3 saturated carbocycles. The van der Waals surface area contributed by atoms with E-state index in [1.807, 2.05) is 49.7 Å². The number of quaternary nitrogens is 1. The van der Waals surface area contributed by atoms with E-state index >= 15 is 0 Å². The summed E-state index contributed by atoms with van der Waals surface area (Å²) in [6, 6.07) is 24.7. The van der Waals surface area contributed by atoms with Crippen LogP contribution in [0, 0.1) is 60.2 Å². The molecule has 6 N–H and O–H groups in total. The maximum atomic E-state index is 11.7. The topological polar surface area (TPSA) is 178 Å². The number of nitrogens with one attached hydrogen (secondary N) is 4. The predicted octanol–water partition coefficient (Wildman–Crippen LogP) is 11.7. The van der Waals surface area contributed by atoms with E-state index in [1.165, 1.54) is 76.2 Å². The van der Waals surface area contributed by atoms with E-state index in [0.29, 0.717) is 56.0 Å². The van der Waals surface area contributed by atoms with Gasteiger partial charge < -0.3 is 45.6 Å². The van der Waals surface area contributed by atoms with E-state index in [4.69, 9.17) is 14.2 Å². The molecule has 13 heteroatoms. The van der Waals surface area contributed by atoms with Crippen LogP contribution >= 0.6 is 0 Å². The number of ether oxygens (including phenoxy) is 3. The van der Waals surface area contributed by atoms with Crippen LogP contribution in [-0.2, 0) is 35.3 Å². The summed E-state index contributed by atoms with van der Waals surface area (Å²) in [5.74, 6) is 8.32. The molecule has 0 radical (unpaired) electrons. The first-order valence-electron chi connectivity index (χ1n) is 29.1. The van der Waals surface area contributed by atoms with Crippen LogP contribution < -0.4 is 31.3 Å². The van der Waals surface area contributed by atoms with Crippen LogP contribution in [0.2, 0.25) is 0 Å². The Hall–Kier alpha value is -5.37. The first kappa shape index (κ1) is 64.2. The summed E-state index contributed by atoms with van der Waals surface area (Å²) >= 11 is 0. The maximum absolute atomic E-state index is 11.7. The molecule has 426 valence electrons. The Bertz CT molecular complexity index is 2180. The zero-order valence-electron chi connectivity index (χ0n) is 48.4. The van der Waals surface area contributed by atoms with E-state index in [0.717, 1.165) is 83.6 Å². The summed E-state index contributed by atoms with van der Waals surface area (Å²) in [6.45, 7) is 17.4. The molecule has 0 aliphatic heterocycles. The van der Waals surface area contributed by atoms with E-state index in [-0.39, 0.29) is 25.0 Å². The number of aryl methyl sites for hydroxylation is 1. The lowest BCUT2D eigenvalue weighted by Crippen LogP contribution is -2.72. The molecule has 3 aromatic carbocycles. The minimum Gasteiger partial charge on any atom is -0.429 e. The Morgan fingerprint density at radius 1 is 0.766 bits per heavy atom. The average molecular weight is 1070 g/mol. The standard InChI is InChI=1S/C32H53NO3.C18H19N3O5.C7H17N.C7H8/c1-22(2)7-4-8-23(3)26-14-15-31-28(26)16-17-29-27-13-11-25(21-24(27)10-12-30(29)31)36-20-6-18-33-32(35)9-5-19-34;1-19-14-6-8-16(9-7-14)26-18(24)25-11-13-2-4-15(5-3-13)21-17(23)10-20-12-22;1-6(2)5-7(3)8-4;1-7-5-3-2-4-6-7/h10,19,22-23,25-31H,4-9,11-18,20-21H2,1-3H3,(H,33,35);2-9,12,19H,10-11H2,1H3,(H,20,22)(H,21,23);6-8H,5H2,1-4H3;2-6H,1H3/p+1/t23?,25-,26?,27?,28?,29?,30?,31?;;;/m0.../s1. The first-order valence-corrected chi connectivity index (χ1v) is 29.1. The maximum Gasteiger partial charge on any atom is 0.514 e. The smallest absolute Gasteiger partial charge is 0.429 e. The zero-order valence-corrected chi connectivity index (χ0v) is 48.4. The minimum atomic E-state index is -0.796. The second kappa shape index (κ2) is 35.9. The molecule has 4 aliphatic carbocycles. The molecule has 3 fully saturated rings. The van der Waals surface area contributed by atoms with Crippen LogP contribution in [0.25, 0.3) is 0 Å². The van der Waals surface area contributed by atoms with Crippen LogP contribution in [-0.4, -0.2) is 76.6 Å². The van der Waals surface area contributed by atoms with Crippen molar-refractivity contribution in [1.29, 1.82) is 0 Å². The van der Waals surface area contributed by atoms with Gasteiger partial charge in [-0.25, -0.2) is 4.79 Å². The van der Waals surface area contributed by atoms with Crippen molar-refractivity contribution in [1.82, 2.24) is 16.0 Å². The molecule has 77 heavy (non-hydrogen) atoms. The van der Waals surface area contributed by atoms with E-state index < -0.39 is 6.16 Å². The first-order chi connectivity index (χ1) is 37.1. The van der Waals surface area contributed by atoms with Crippen molar-refractivity contribution >= 4 is 42.0 Å². The van der Waals surface area contributed by atoms with Crippen molar-refractivity contribution in [2.75, 3.05) is 39.1 Å². The van der Waals surface area contributed by atoms with Gasteiger partial charge in [-0.15, -0.1) is 0 Å². The summed E-state index contributed by atoms with van der Waals surface area (Å²) in [5.41, 5.74) is 5.37. The van der Waals surface area contributed by atoms with Gasteiger partial charge in [0.1, 0.15) is 24.3 Å². The highest BCUT2D eigenvalue weighted by Gasteiger charge is 2.50. The van der Waals surface area contributed by atoms with Crippen LogP contribution in [0.5, 0.6) is 5.75 Å². The number of carbonyl (C=O) groups excluding carboxylic acids is 5. The lowest BCUT2D eigenvalue weighted by Gasteiger charge is -2.50. The van der Waals surface area contributed by atoms with Gasteiger partial charge in [-0.3, -0.25) is 14.4 Å². The Morgan fingerprint density at radius 2 is 1.48 bits per heavy atom. The number of hydrogen-bond donors (Lipinski definition) is 5. The van der Waals surface area contributed by atoms with Crippen molar-refractivity contribution in [3.05, 3.63) is 102 Å². The molecular formula is C64H98N5O8+. The fourth-order valence-electron chi connectivity index (χ4n) is 12.1. The molecule has 9 atom stereocenters. The van der Waals surface area contributed by atoms with E-state index in [2.05, 4.69) is 87.9 Å². The van der Waals surface area contributed by atoms with Crippen LogP contribution in [0.3, 0.4) is 0 Å². The van der Waals surface area contributed by atoms with E-state index in [9.17, 15) is 24.0 Å². The highest BCUT2D eigenvalue weighted by atomic mass is 16.7. The van der Waals surface area contributed by atoms with Gasteiger partial charge in [-0.1, -0.05) is 114 Å². The number of allylic oxidation sites excluding steroid dienone is 1. The molecule has 8 unspecified atom stereocenters. The molecular weight excluding hydrogens is 967 g/mol. The quantitative estimate of drug-likeness (QED) is 0.0146. The molecule has 3 aromatic rings. The van der Waals surface area contributed by atoms with Gasteiger partial charge in [0.2, 0.25) is 18.2 Å². The molecule has 7 rings (SSSR count). The summed E-state index contributed by atoms with van der Waals surface area (Å²) in [4.78, 5) is 55.3.